The van der Waals surface area contributed by atoms with Gasteiger partial charge in [0.15, 0.2) is 0 Å². The van der Waals surface area contributed by atoms with Crippen molar-refractivity contribution in [1.82, 2.24) is 0 Å². The Morgan fingerprint density at radius 1 is 0.682 bits per heavy atom. The number of carboxylic acids is 1. The molecule has 3 atom stereocenters. The molecule has 0 heterocycles. The molecule has 0 aromatic rings. The van der Waals surface area contributed by atoms with Crippen molar-refractivity contribution >= 4 is 5.97 Å². The molecule has 0 saturated carbocycles. The van der Waals surface area contributed by atoms with Gasteiger partial charge in [-0.15, -0.1) is 0 Å². The lowest BCUT2D eigenvalue weighted by molar-refractivity contribution is -0.142. The molecule has 0 saturated heterocycles. The summed E-state index contributed by atoms with van der Waals surface area (Å²) in [6, 6.07) is 0. The second-order valence-corrected chi connectivity index (χ2v) is 7.18. The normalized spacial score (nSPS) is 14.6. The fraction of sp³-hybridized carbons (Fsp3) is 0.944. The van der Waals surface area contributed by atoms with Gasteiger partial charge in [0.25, 0.3) is 0 Å². The zero-order chi connectivity index (χ0) is 18.5. The molecule has 3 N–H and O–H groups in total. The van der Waals surface area contributed by atoms with Gasteiger partial charge in [-0.05, 0) is 29.6 Å². The first-order valence-corrected chi connectivity index (χ1v) is 8.36. The SMILES string of the molecule is CC(C)C(C)C(=O)O.CC(C)C(C)CO.CC(C)C(C)CO. The molecule has 3 unspecified atom stereocenters. The summed E-state index contributed by atoms with van der Waals surface area (Å²) in [4.78, 5) is 10.1. The molecule has 0 amide bonds. The van der Waals surface area contributed by atoms with Crippen molar-refractivity contribution in [2.75, 3.05) is 13.2 Å². The van der Waals surface area contributed by atoms with Crippen molar-refractivity contribution in [3.05, 3.63) is 0 Å². The van der Waals surface area contributed by atoms with E-state index in [-0.39, 0.29) is 11.8 Å². The Morgan fingerprint density at radius 2 is 0.955 bits per heavy atom. The van der Waals surface area contributed by atoms with Gasteiger partial charge in [-0.2, -0.15) is 0 Å². The molecule has 0 bridgehead atoms. The number of rotatable bonds is 6. The maximum Gasteiger partial charge on any atom is 0.306 e. The number of aliphatic hydroxyl groups is 2. The van der Waals surface area contributed by atoms with E-state index in [1.165, 1.54) is 0 Å². The molecule has 136 valence electrons. The molecule has 0 radical (unpaired) electrons. The average Bonchev–Trinajstić information content (AvgIpc) is 2.45. The maximum atomic E-state index is 10.1. The van der Waals surface area contributed by atoms with Crippen LogP contribution in [-0.2, 0) is 4.79 Å². The second-order valence-electron chi connectivity index (χ2n) is 7.18. The number of carbonyl (C=O) groups is 1. The summed E-state index contributed by atoms with van der Waals surface area (Å²) >= 11 is 0. The molecule has 0 aliphatic rings. The van der Waals surface area contributed by atoms with Gasteiger partial charge in [-0.25, -0.2) is 0 Å². The van der Waals surface area contributed by atoms with Crippen molar-refractivity contribution in [3.63, 3.8) is 0 Å². The van der Waals surface area contributed by atoms with Crippen LogP contribution in [0.2, 0.25) is 0 Å². The lowest BCUT2D eigenvalue weighted by atomic mass is 9.99. The van der Waals surface area contributed by atoms with Crippen LogP contribution in [0.3, 0.4) is 0 Å². The van der Waals surface area contributed by atoms with E-state index in [0.29, 0.717) is 36.9 Å². The second kappa shape index (κ2) is 15.3. The van der Waals surface area contributed by atoms with Gasteiger partial charge >= 0.3 is 5.97 Å². The Balaban J connectivity index is -0.000000247. The fourth-order valence-electron chi connectivity index (χ4n) is 0.707. The highest BCUT2D eigenvalue weighted by atomic mass is 16.4. The summed E-state index contributed by atoms with van der Waals surface area (Å²) < 4.78 is 0. The van der Waals surface area contributed by atoms with Crippen molar-refractivity contribution in [2.45, 2.75) is 62.3 Å². The van der Waals surface area contributed by atoms with Gasteiger partial charge in [-0.3, -0.25) is 4.79 Å². The van der Waals surface area contributed by atoms with Crippen LogP contribution in [0.5, 0.6) is 0 Å². The van der Waals surface area contributed by atoms with E-state index in [0.717, 1.165) is 0 Å². The Kier molecular flexibility index (Phi) is 18.3. The van der Waals surface area contributed by atoms with E-state index in [4.69, 9.17) is 15.3 Å². The maximum absolute atomic E-state index is 10.1. The molecule has 4 nitrogen and oxygen atoms in total. The van der Waals surface area contributed by atoms with Crippen molar-refractivity contribution in [1.29, 1.82) is 0 Å². The molecule has 0 aromatic heterocycles. The van der Waals surface area contributed by atoms with Crippen molar-refractivity contribution < 1.29 is 20.1 Å². The summed E-state index contributed by atoms with van der Waals surface area (Å²) in [7, 11) is 0. The van der Waals surface area contributed by atoms with Crippen molar-refractivity contribution in [2.24, 2.45) is 35.5 Å². The van der Waals surface area contributed by atoms with Gasteiger partial charge in [0.05, 0.1) is 5.92 Å². The quantitative estimate of drug-likeness (QED) is 0.693. The summed E-state index contributed by atoms with van der Waals surface area (Å²) in [6.07, 6.45) is 0. The molecular formula is C18H40O4. The first-order chi connectivity index (χ1) is 9.91. The van der Waals surface area contributed by atoms with Crippen LogP contribution in [-0.4, -0.2) is 34.5 Å². The van der Waals surface area contributed by atoms with Gasteiger partial charge in [0.2, 0.25) is 0 Å². The van der Waals surface area contributed by atoms with Crippen LogP contribution < -0.4 is 0 Å². The third-order valence-corrected chi connectivity index (χ3v) is 4.24. The smallest absolute Gasteiger partial charge is 0.306 e. The number of hydrogen-bond donors (Lipinski definition) is 3. The Labute approximate surface area is 137 Å². The number of hydrogen-bond acceptors (Lipinski definition) is 3. The van der Waals surface area contributed by atoms with E-state index in [1.54, 1.807) is 6.92 Å². The van der Waals surface area contributed by atoms with Crippen LogP contribution in [0, 0.1) is 35.5 Å². The van der Waals surface area contributed by atoms with E-state index < -0.39 is 5.97 Å². The van der Waals surface area contributed by atoms with Crippen LogP contribution in [0.15, 0.2) is 0 Å². The summed E-state index contributed by atoms with van der Waals surface area (Å²) in [5.74, 6) is 1.47. The highest BCUT2D eigenvalue weighted by Gasteiger charge is 2.13. The Hall–Kier alpha value is -0.610. The third kappa shape index (κ3) is 17.4. The monoisotopic (exact) mass is 320 g/mol. The molecular weight excluding hydrogens is 280 g/mol. The first kappa shape index (κ1) is 26.3. The highest BCUT2D eigenvalue weighted by molar-refractivity contribution is 5.69. The molecule has 4 heteroatoms. The Bertz CT molecular complexity index is 235. The number of aliphatic carboxylic acids is 1. The van der Waals surface area contributed by atoms with Crippen molar-refractivity contribution in [3.8, 4) is 0 Å². The van der Waals surface area contributed by atoms with Crippen LogP contribution >= 0.6 is 0 Å². The van der Waals surface area contributed by atoms with E-state index >= 15 is 0 Å². The molecule has 0 aromatic carbocycles. The number of aliphatic hydroxyl groups excluding tert-OH is 2. The molecule has 0 aliphatic carbocycles. The lowest BCUT2D eigenvalue weighted by Crippen LogP contribution is -2.15. The molecule has 0 rings (SSSR count). The van der Waals surface area contributed by atoms with E-state index in [9.17, 15) is 4.79 Å². The summed E-state index contributed by atoms with van der Waals surface area (Å²) in [5.41, 5.74) is 0. The summed E-state index contributed by atoms with van der Waals surface area (Å²) in [6.45, 7) is 18.7. The molecule has 0 spiro atoms. The van der Waals surface area contributed by atoms with E-state index in [2.05, 4.69) is 27.7 Å². The van der Waals surface area contributed by atoms with Gasteiger partial charge < -0.3 is 15.3 Å². The zero-order valence-corrected chi connectivity index (χ0v) is 16.1. The third-order valence-electron chi connectivity index (χ3n) is 4.24. The number of carboxylic acid groups (broad SMARTS) is 1. The predicted octanol–water partition coefficient (Wildman–Crippen LogP) is 3.90. The van der Waals surface area contributed by atoms with Gasteiger partial charge in [0.1, 0.15) is 0 Å². The summed E-state index contributed by atoms with van der Waals surface area (Å²) in [5, 5.41) is 25.4. The Morgan fingerprint density at radius 3 is 0.955 bits per heavy atom. The largest absolute Gasteiger partial charge is 0.481 e. The minimum Gasteiger partial charge on any atom is -0.481 e. The zero-order valence-electron chi connectivity index (χ0n) is 16.1. The molecule has 0 aliphatic heterocycles. The van der Waals surface area contributed by atoms with Crippen LogP contribution in [0.25, 0.3) is 0 Å². The molecule has 0 fully saturated rings. The molecule has 22 heavy (non-hydrogen) atoms. The topological polar surface area (TPSA) is 77.8 Å². The average molecular weight is 321 g/mol. The predicted molar refractivity (Wildman–Crippen MR) is 93.8 cm³/mol. The lowest BCUT2D eigenvalue weighted by Gasteiger charge is -2.09. The van der Waals surface area contributed by atoms with E-state index in [1.807, 2.05) is 27.7 Å². The minimum absolute atomic E-state index is 0.213. The fourth-order valence-corrected chi connectivity index (χ4v) is 0.707. The van der Waals surface area contributed by atoms with Gasteiger partial charge in [0, 0.05) is 13.2 Å². The first-order valence-electron chi connectivity index (χ1n) is 8.36. The minimum atomic E-state index is -0.708. The van der Waals surface area contributed by atoms with Gasteiger partial charge in [-0.1, -0.05) is 62.3 Å². The highest BCUT2D eigenvalue weighted by Crippen LogP contribution is 2.08. The standard InChI is InChI=1S/C6H12O2.2C6H14O/c1-4(2)5(3)6(7)8;2*1-5(2)6(3)4-7/h4-5H,1-3H3,(H,7,8);2*5-7H,4H2,1-3H3. The van der Waals surface area contributed by atoms with Crippen LogP contribution in [0.1, 0.15) is 62.3 Å². The van der Waals surface area contributed by atoms with Crippen LogP contribution in [0.4, 0.5) is 0 Å².